The second kappa shape index (κ2) is 7.71. The molecule has 0 unspecified atom stereocenters. The molecule has 1 aliphatic rings. The van der Waals surface area contributed by atoms with E-state index < -0.39 is 0 Å². The van der Waals surface area contributed by atoms with Crippen LogP contribution in [0.1, 0.15) is 36.8 Å². The molecular weight excluding hydrogens is 298 g/mol. The molecule has 3 nitrogen and oxygen atoms in total. The predicted molar refractivity (Wildman–Crippen MR) is 96.6 cm³/mol. The first-order valence-corrected chi connectivity index (χ1v) is 8.85. The van der Waals surface area contributed by atoms with Crippen LogP contribution < -0.4 is 14.8 Å². The summed E-state index contributed by atoms with van der Waals surface area (Å²) in [5.74, 6) is 1.75. The Hall–Kier alpha value is -2.00. The van der Waals surface area contributed by atoms with E-state index >= 15 is 0 Å². The van der Waals surface area contributed by atoms with Gasteiger partial charge in [-0.05, 0) is 30.5 Å². The number of hydrogen-bond donors (Lipinski definition) is 1. The molecule has 3 heteroatoms. The number of nitrogens with two attached hydrogens (primary N) is 1. The van der Waals surface area contributed by atoms with Crippen molar-refractivity contribution in [1.29, 1.82) is 0 Å². The topological polar surface area (TPSA) is 35.1 Å². The first-order chi connectivity index (χ1) is 11.8. The molecule has 2 N–H and O–H groups in total. The molecule has 1 saturated carbocycles. The zero-order valence-corrected chi connectivity index (χ0v) is 14.8. The smallest absolute Gasteiger partial charge is 0.131 e. The van der Waals surface area contributed by atoms with Crippen LogP contribution in [0.5, 0.6) is 11.5 Å². The Bertz CT molecular complexity index is 648. The summed E-state index contributed by atoms with van der Waals surface area (Å²) in [6, 6.07) is 17.1. The largest absolute Gasteiger partial charge is 0.497 e. The average Bonchev–Trinajstić information content (AvgIpc) is 3.12. The maximum Gasteiger partial charge on any atom is 0.131 e. The third-order valence-corrected chi connectivity index (χ3v) is 5.34. The summed E-state index contributed by atoms with van der Waals surface area (Å²) in [4.78, 5) is 0. The van der Waals surface area contributed by atoms with Crippen molar-refractivity contribution in [3.8, 4) is 11.5 Å². The minimum absolute atomic E-state index is 0.334. The minimum Gasteiger partial charge on any atom is -0.497 e. The van der Waals surface area contributed by atoms with Gasteiger partial charge < -0.3 is 14.8 Å². The van der Waals surface area contributed by atoms with Gasteiger partial charge in [-0.2, -0.15) is 0 Å². The molecular formula is C21H28NO2+. The molecule has 0 aromatic heterocycles. The Labute approximate surface area is 145 Å². The Morgan fingerprint density at radius 1 is 0.958 bits per heavy atom. The van der Waals surface area contributed by atoms with E-state index in [1.807, 2.05) is 12.1 Å². The molecule has 1 fully saturated rings. The predicted octanol–water partition coefficient (Wildman–Crippen LogP) is 3.28. The third kappa shape index (κ3) is 3.57. The van der Waals surface area contributed by atoms with E-state index in [2.05, 4.69) is 41.7 Å². The van der Waals surface area contributed by atoms with Crippen LogP contribution in [0.3, 0.4) is 0 Å². The molecule has 0 bridgehead atoms. The molecule has 128 valence electrons. The van der Waals surface area contributed by atoms with E-state index in [0.717, 1.165) is 24.6 Å². The lowest BCUT2D eigenvalue weighted by Gasteiger charge is -2.28. The Morgan fingerprint density at radius 2 is 1.71 bits per heavy atom. The van der Waals surface area contributed by atoms with Crippen LogP contribution in [-0.2, 0) is 12.0 Å². The third-order valence-electron chi connectivity index (χ3n) is 5.34. The van der Waals surface area contributed by atoms with Gasteiger partial charge in [-0.15, -0.1) is 0 Å². The van der Waals surface area contributed by atoms with Gasteiger partial charge in [0.05, 0.1) is 20.8 Å². The number of rotatable bonds is 7. The van der Waals surface area contributed by atoms with Crippen molar-refractivity contribution >= 4 is 0 Å². The van der Waals surface area contributed by atoms with Gasteiger partial charge in [0.25, 0.3) is 0 Å². The van der Waals surface area contributed by atoms with Crippen molar-refractivity contribution in [3.63, 3.8) is 0 Å². The Morgan fingerprint density at radius 3 is 2.38 bits per heavy atom. The molecule has 0 saturated heterocycles. The monoisotopic (exact) mass is 326 g/mol. The highest BCUT2D eigenvalue weighted by Crippen LogP contribution is 2.39. The van der Waals surface area contributed by atoms with Crippen molar-refractivity contribution in [2.24, 2.45) is 0 Å². The number of ether oxygens (including phenoxy) is 2. The first kappa shape index (κ1) is 16.8. The van der Waals surface area contributed by atoms with E-state index in [4.69, 9.17) is 9.47 Å². The quantitative estimate of drug-likeness (QED) is 0.847. The highest BCUT2D eigenvalue weighted by molar-refractivity contribution is 5.40. The van der Waals surface area contributed by atoms with Crippen LogP contribution in [0, 0.1) is 0 Å². The maximum absolute atomic E-state index is 5.52. The molecule has 3 rings (SSSR count). The highest BCUT2D eigenvalue weighted by Gasteiger charge is 2.37. The SMILES string of the molecule is COc1ccc(C[NH2+]CC2(c3ccccc3)CCCC2)c(OC)c1. The van der Waals surface area contributed by atoms with E-state index in [-0.39, 0.29) is 0 Å². The summed E-state index contributed by atoms with van der Waals surface area (Å²) >= 11 is 0. The number of benzene rings is 2. The van der Waals surface area contributed by atoms with Crippen LogP contribution in [0.2, 0.25) is 0 Å². The molecule has 24 heavy (non-hydrogen) atoms. The number of methoxy groups -OCH3 is 2. The van der Waals surface area contributed by atoms with E-state index in [9.17, 15) is 0 Å². The van der Waals surface area contributed by atoms with Crippen molar-refractivity contribution in [3.05, 3.63) is 59.7 Å². The minimum atomic E-state index is 0.334. The van der Waals surface area contributed by atoms with Gasteiger partial charge in [0.2, 0.25) is 0 Å². The molecule has 0 amide bonds. The standard InChI is InChI=1S/C21H27NO2/c1-23-19-11-10-17(20(14-19)24-2)15-22-16-21(12-6-7-13-21)18-8-4-3-5-9-18/h3-5,8-11,14,22H,6-7,12-13,15-16H2,1-2H3/p+1. The molecule has 0 spiro atoms. The van der Waals surface area contributed by atoms with Gasteiger partial charge in [-0.25, -0.2) is 0 Å². The fourth-order valence-corrected chi connectivity index (χ4v) is 3.98. The van der Waals surface area contributed by atoms with Gasteiger partial charge in [0, 0.05) is 17.0 Å². The van der Waals surface area contributed by atoms with Crippen molar-refractivity contribution in [1.82, 2.24) is 0 Å². The molecule has 1 aliphatic carbocycles. The van der Waals surface area contributed by atoms with Crippen molar-refractivity contribution in [2.75, 3.05) is 20.8 Å². The first-order valence-electron chi connectivity index (χ1n) is 8.85. The normalized spacial score (nSPS) is 16.1. The van der Waals surface area contributed by atoms with Gasteiger partial charge in [0.1, 0.15) is 18.0 Å². The lowest BCUT2D eigenvalue weighted by Crippen LogP contribution is -2.86. The van der Waals surface area contributed by atoms with Crippen LogP contribution in [0.4, 0.5) is 0 Å². The van der Waals surface area contributed by atoms with Crippen molar-refractivity contribution in [2.45, 2.75) is 37.6 Å². The van der Waals surface area contributed by atoms with Crippen LogP contribution in [-0.4, -0.2) is 20.8 Å². The summed E-state index contributed by atoms with van der Waals surface area (Å²) < 4.78 is 10.8. The summed E-state index contributed by atoms with van der Waals surface area (Å²) in [6.07, 6.45) is 5.28. The maximum atomic E-state index is 5.52. The van der Waals surface area contributed by atoms with E-state index in [1.165, 1.54) is 36.8 Å². The summed E-state index contributed by atoms with van der Waals surface area (Å²) in [5, 5.41) is 2.43. The van der Waals surface area contributed by atoms with Crippen LogP contribution in [0.15, 0.2) is 48.5 Å². The van der Waals surface area contributed by atoms with Gasteiger partial charge in [-0.3, -0.25) is 0 Å². The highest BCUT2D eigenvalue weighted by atomic mass is 16.5. The molecule has 2 aromatic carbocycles. The fourth-order valence-electron chi connectivity index (χ4n) is 3.98. The number of hydrogen-bond acceptors (Lipinski definition) is 2. The summed E-state index contributed by atoms with van der Waals surface area (Å²) in [5.41, 5.74) is 3.06. The molecule has 2 aromatic rings. The zero-order valence-electron chi connectivity index (χ0n) is 14.8. The number of quaternary nitrogens is 1. The second-order valence-corrected chi connectivity index (χ2v) is 6.73. The van der Waals surface area contributed by atoms with Gasteiger partial charge >= 0.3 is 0 Å². The Balaban J connectivity index is 1.68. The van der Waals surface area contributed by atoms with E-state index in [0.29, 0.717) is 5.41 Å². The van der Waals surface area contributed by atoms with Gasteiger partial charge in [-0.1, -0.05) is 43.2 Å². The zero-order chi connectivity index (χ0) is 16.8. The second-order valence-electron chi connectivity index (χ2n) is 6.73. The molecule has 0 atom stereocenters. The summed E-state index contributed by atoms with van der Waals surface area (Å²) in [6.45, 7) is 2.06. The fraction of sp³-hybridized carbons (Fsp3) is 0.429. The van der Waals surface area contributed by atoms with Crippen LogP contribution >= 0.6 is 0 Å². The molecule has 0 heterocycles. The lowest BCUT2D eigenvalue weighted by atomic mass is 9.79. The summed E-state index contributed by atoms with van der Waals surface area (Å²) in [7, 11) is 3.41. The van der Waals surface area contributed by atoms with Crippen LogP contribution in [0.25, 0.3) is 0 Å². The average molecular weight is 326 g/mol. The molecule has 0 radical (unpaired) electrons. The van der Waals surface area contributed by atoms with Crippen molar-refractivity contribution < 1.29 is 14.8 Å². The van der Waals surface area contributed by atoms with Gasteiger partial charge in [0.15, 0.2) is 0 Å². The lowest BCUT2D eigenvalue weighted by molar-refractivity contribution is -0.677. The molecule has 0 aliphatic heterocycles. The Kier molecular flexibility index (Phi) is 5.41. The van der Waals surface area contributed by atoms with E-state index in [1.54, 1.807) is 14.2 Å².